The van der Waals surface area contributed by atoms with E-state index in [1.165, 1.54) is 68.6 Å². The highest BCUT2D eigenvalue weighted by molar-refractivity contribution is 6.03. The Labute approximate surface area is 561 Å². The molecule has 0 saturated carbocycles. The molecule has 6 atom stereocenters. The number of amides is 3. The summed E-state index contributed by atoms with van der Waals surface area (Å²) < 4.78 is 48.6. The van der Waals surface area contributed by atoms with E-state index >= 15 is 0 Å². The number of fused-ring (bicyclic) bond motifs is 3. The molecule has 3 amide bonds. The summed E-state index contributed by atoms with van der Waals surface area (Å²) in [7, 11) is 0. The quantitative estimate of drug-likeness (QED) is 0.0883. The summed E-state index contributed by atoms with van der Waals surface area (Å²) in [4.78, 5) is 67.0. The zero-order chi connectivity index (χ0) is 69.3. The Balaban J connectivity index is 0.000000133. The number of halogens is 3. The molecule has 3 fully saturated rings. The highest BCUT2D eigenvalue weighted by atomic mass is 19.1. The van der Waals surface area contributed by atoms with Gasteiger partial charge in [0, 0.05) is 75.7 Å². The molecule has 0 bridgehead atoms. The van der Waals surface area contributed by atoms with Gasteiger partial charge < -0.3 is 60.5 Å². The molecule has 0 unspecified atom stereocenters. The van der Waals surface area contributed by atoms with Gasteiger partial charge in [0.25, 0.3) is 35.8 Å². The predicted octanol–water partition coefficient (Wildman–Crippen LogP) is 6.14. The Morgan fingerprint density at radius 2 is 0.727 bits per heavy atom. The van der Waals surface area contributed by atoms with Crippen molar-refractivity contribution in [1.29, 1.82) is 15.8 Å². The average molecular weight is 1330 g/mol. The Morgan fingerprint density at radius 3 is 0.980 bits per heavy atom. The number of hydrogen-bond donors (Lipinski definition) is 6. The minimum Gasteiger partial charge on any atom is -0.383 e. The second-order valence-corrected chi connectivity index (χ2v) is 23.8. The number of hydrogen-bond acceptors (Lipinski definition) is 18. The minimum absolute atomic E-state index is 0.0696. The van der Waals surface area contributed by atoms with Gasteiger partial charge >= 0.3 is 0 Å². The Hall–Kier alpha value is -12.8. The van der Waals surface area contributed by atoms with Crippen LogP contribution >= 0.6 is 0 Å². The summed E-state index contributed by atoms with van der Waals surface area (Å²) in [6.07, 6.45) is 4.32. The van der Waals surface area contributed by atoms with E-state index in [2.05, 4.69) is 60.7 Å². The molecule has 15 rings (SSSR count). The van der Waals surface area contributed by atoms with Crippen LogP contribution in [0.3, 0.4) is 0 Å². The highest BCUT2D eigenvalue weighted by Gasteiger charge is 2.38. The van der Waals surface area contributed by atoms with E-state index < -0.39 is 53.9 Å². The lowest BCUT2D eigenvalue weighted by Gasteiger charge is -2.30. The topological polar surface area (TPSA) is 334 Å². The molecule has 6 aromatic heterocycles. The first-order valence-electron chi connectivity index (χ1n) is 31.1. The number of carbonyl (C=O) groups excluding carboxylic acids is 3. The Morgan fingerprint density at radius 1 is 0.444 bits per heavy atom. The maximum atomic E-state index is 14.7. The van der Waals surface area contributed by atoms with Crippen LogP contribution in [0, 0.1) is 71.2 Å². The van der Waals surface area contributed by atoms with Crippen LogP contribution in [0.1, 0.15) is 84.1 Å². The van der Waals surface area contributed by atoms with Crippen LogP contribution < -0.4 is 30.7 Å². The van der Waals surface area contributed by atoms with Crippen molar-refractivity contribution in [2.75, 3.05) is 54.0 Å². The molecule has 30 heteroatoms. The third kappa shape index (κ3) is 12.4. The van der Waals surface area contributed by atoms with Crippen LogP contribution in [0.5, 0.6) is 0 Å². The smallest absolute Gasteiger partial charge is 0.255 e. The van der Waals surface area contributed by atoms with Gasteiger partial charge in [-0.3, -0.25) is 14.4 Å². The lowest BCUT2D eigenvalue weighted by molar-refractivity contribution is 0.0957. The summed E-state index contributed by atoms with van der Waals surface area (Å²) in [5.41, 5.74) is 4.97. The van der Waals surface area contributed by atoms with Crippen LogP contribution in [0.15, 0.2) is 110 Å². The fourth-order valence-corrected chi connectivity index (χ4v) is 12.9. The van der Waals surface area contributed by atoms with Crippen molar-refractivity contribution in [2.45, 2.75) is 75.3 Å². The fourth-order valence-electron chi connectivity index (χ4n) is 12.9. The number of aliphatic hydroxyl groups is 3. The number of rotatable bonds is 9. The van der Waals surface area contributed by atoms with Gasteiger partial charge in [-0.1, -0.05) is 18.2 Å². The first-order valence-corrected chi connectivity index (χ1v) is 31.1. The number of β-amino-alcohol motifs (C(OH)–C–C–N with tert-alkyl or cyclic N) is 3. The fraction of sp³-hybridized carbons (Fsp3) is 0.261. The van der Waals surface area contributed by atoms with E-state index in [4.69, 9.17) is 19.7 Å². The van der Waals surface area contributed by atoms with Crippen molar-refractivity contribution in [3.63, 3.8) is 0 Å². The first kappa shape index (κ1) is 64.8. The van der Waals surface area contributed by atoms with Crippen molar-refractivity contribution in [3.8, 4) is 69.0 Å². The van der Waals surface area contributed by atoms with Gasteiger partial charge in [-0.2, -0.15) is 31.1 Å². The van der Waals surface area contributed by atoms with Gasteiger partial charge in [0.05, 0.1) is 159 Å². The third-order valence-electron chi connectivity index (χ3n) is 17.9. The number of pyridine rings is 3. The molecule has 12 heterocycles. The lowest BCUT2D eigenvalue weighted by Crippen LogP contribution is -2.45. The summed E-state index contributed by atoms with van der Waals surface area (Å²) >= 11 is 0. The molecule has 0 aliphatic carbocycles. The molecular formula is C69H54F3N21O6. The van der Waals surface area contributed by atoms with Crippen molar-refractivity contribution in [3.05, 3.63) is 212 Å². The number of aliphatic hydroxyl groups excluding tert-OH is 3. The molecule has 6 aliphatic rings. The molecule has 0 spiro atoms. The highest BCUT2D eigenvalue weighted by Crippen LogP contribution is 2.37. The monoisotopic (exact) mass is 1330 g/mol. The van der Waals surface area contributed by atoms with Gasteiger partial charge in [-0.15, -0.1) is 0 Å². The number of nitriles is 3. The molecular weight excluding hydrogens is 1280 g/mol. The Bertz CT molecular complexity index is 4550. The average Bonchev–Trinajstić information content (AvgIpc) is 1.68. The van der Waals surface area contributed by atoms with Gasteiger partial charge in [-0.05, 0) is 54.6 Å². The molecule has 492 valence electrons. The molecule has 9 aromatic rings. The third-order valence-corrected chi connectivity index (χ3v) is 17.9. The lowest BCUT2D eigenvalue weighted by atomic mass is 10.0. The summed E-state index contributed by atoms with van der Waals surface area (Å²) in [6, 6.07) is 27.4. The van der Waals surface area contributed by atoms with E-state index in [0.29, 0.717) is 107 Å². The van der Waals surface area contributed by atoms with Crippen LogP contribution in [-0.2, 0) is 19.6 Å². The Kier molecular flexibility index (Phi) is 17.8. The van der Waals surface area contributed by atoms with Crippen LogP contribution in [0.2, 0.25) is 0 Å². The van der Waals surface area contributed by atoms with Crippen molar-refractivity contribution >= 4 is 35.2 Å². The minimum atomic E-state index is -0.769. The summed E-state index contributed by atoms with van der Waals surface area (Å²) in [5.74, 6) is -0.896. The maximum Gasteiger partial charge on any atom is 0.255 e. The molecule has 27 nitrogen and oxygen atoms in total. The number of nitrogens with one attached hydrogen (secondary N) is 3. The SMILES string of the molecule is [C-]#[N+][C@@H]1CCN(c2ccn(-c3cc(-c4c(F)cccc4C#N)nc4c3C(=O)NC4)n2)C[C@H]1O.[C-]#[N+][C@H]1CCN(c2ccn(-c3cc(-c4c(F)cccc4C#N)nc4c3C(=O)NC4)n2)C[C@@H]1O.[C-]#[N+][C@H]1CCN(c2ccn(-c3cc(-c4c(F)cccc4C#N)nc4c3C(=O)NC4)n2)C[C@@H]1O. The summed E-state index contributed by atoms with van der Waals surface area (Å²) in [5, 5.41) is 81.0. The zero-order valence-electron chi connectivity index (χ0n) is 52.1. The normalized spacial score (nSPS) is 19.5. The number of nitrogens with zero attached hydrogens (tertiary/aromatic N) is 18. The number of carbonyl (C=O) groups is 3. The second-order valence-electron chi connectivity index (χ2n) is 23.8. The summed E-state index contributed by atoms with van der Waals surface area (Å²) in [6.45, 7) is 24.7. The van der Waals surface area contributed by atoms with Crippen LogP contribution in [0.25, 0.3) is 65.4 Å². The van der Waals surface area contributed by atoms with E-state index in [9.17, 15) is 58.7 Å². The molecule has 99 heavy (non-hydrogen) atoms. The predicted molar refractivity (Wildman–Crippen MR) is 348 cm³/mol. The number of aromatic nitrogens is 9. The molecule has 6 aliphatic heterocycles. The van der Waals surface area contributed by atoms with Gasteiger partial charge in [0.15, 0.2) is 17.5 Å². The van der Waals surface area contributed by atoms with Gasteiger partial charge in [-0.25, -0.2) is 61.9 Å². The molecule has 0 radical (unpaired) electrons. The van der Waals surface area contributed by atoms with E-state index in [1.807, 2.05) is 32.9 Å². The molecule has 3 saturated heterocycles. The van der Waals surface area contributed by atoms with Crippen molar-refractivity contribution in [2.24, 2.45) is 0 Å². The number of anilines is 3. The van der Waals surface area contributed by atoms with E-state index in [0.717, 1.165) is 0 Å². The van der Waals surface area contributed by atoms with E-state index in [1.54, 1.807) is 55.0 Å². The van der Waals surface area contributed by atoms with Crippen LogP contribution in [0.4, 0.5) is 30.6 Å². The van der Waals surface area contributed by atoms with Crippen molar-refractivity contribution in [1.82, 2.24) is 60.2 Å². The molecule has 6 N–H and O–H groups in total. The maximum absolute atomic E-state index is 14.7. The number of piperidine rings is 3. The molecule has 3 aromatic carbocycles. The van der Waals surface area contributed by atoms with Crippen LogP contribution in [-0.4, -0.2) is 153 Å². The van der Waals surface area contributed by atoms with E-state index in [-0.39, 0.29) is 107 Å². The van der Waals surface area contributed by atoms with Gasteiger partial charge in [0.2, 0.25) is 0 Å². The van der Waals surface area contributed by atoms with Gasteiger partial charge in [0.1, 0.15) is 35.8 Å². The number of benzene rings is 3. The second kappa shape index (κ2) is 27.1. The largest absolute Gasteiger partial charge is 0.383 e. The standard InChI is InChI=1S/3C23H18FN7O2/c3*1-26-15-5-7-30(12-19(15)32)20-6-8-31(29-20)18-9-16(28-17-11-27-23(33)22(17)18)21-13(10-25)3-2-4-14(21)24/h3*2-4,6,8-9,15,19,32H,5,7,11-12H2,(H,27,33)/t3*15-,19-/m100/s1. The van der Waals surface area contributed by atoms with Crippen molar-refractivity contribution < 1.29 is 42.9 Å². The first-order chi connectivity index (χ1) is 48.0. The zero-order valence-corrected chi connectivity index (χ0v) is 52.1.